The summed E-state index contributed by atoms with van der Waals surface area (Å²) in [5, 5.41) is 0.512. The Labute approximate surface area is 178 Å². The summed E-state index contributed by atoms with van der Waals surface area (Å²) in [4.78, 5) is 11.8. The number of Topliss-reactive ketones (excluding diaryl/α,β-unsaturated/α-hetero) is 1. The molecule has 0 atom stereocenters. The molecule has 1 aliphatic rings. The molecule has 0 bridgehead atoms. The van der Waals surface area contributed by atoms with Crippen LogP contribution in [0.4, 0.5) is 0 Å². The smallest absolute Gasteiger partial charge is 0.240 e. The van der Waals surface area contributed by atoms with Crippen molar-refractivity contribution in [2.75, 3.05) is 6.54 Å². The minimum Gasteiger partial charge on any atom is -0.295 e. The van der Waals surface area contributed by atoms with E-state index in [0.717, 1.165) is 37.7 Å². The molecule has 0 amide bonds. The second-order valence-corrected chi connectivity index (χ2v) is 10.3. The Morgan fingerprint density at radius 1 is 0.966 bits per heavy atom. The summed E-state index contributed by atoms with van der Waals surface area (Å²) >= 11 is 5.89. The second-order valence-electron chi connectivity index (χ2n) is 8.12. The predicted octanol–water partition coefficient (Wildman–Crippen LogP) is 5.40. The van der Waals surface area contributed by atoms with Crippen molar-refractivity contribution in [3.05, 3.63) is 64.7 Å². The van der Waals surface area contributed by atoms with Crippen LogP contribution in [0, 0.1) is 5.41 Å². The number of hydrogen-bond donors (Lipinski definition) is 1. The Morgan fingerprint density at radius 3 is 2.10 bits per heavy atom. The van der Waals surface area contributed by atoms with Gasteiger partial charge in [0.2, 0.25) is 10.0 Å². The van der Waals surface area contributed by atoms with Crippen LogP contribution >= 0.6 is 11.6 Å². The van der Waals surface area contributed by atoms with Gasteiger partial charge >= 0.3 is 0 Å². The lowest BCUT2D eigenvalue weighted by Crippen LogP contribution is -2.39. The average Bonchev–Trinajstić information content (AvgIpc) is 2.93. The van der Waals surface area contributed by atoms with E-state index in [1.165, 1.54) is 25.0 Å². The number of rotatable bonds is 7. The third-order valence-corrected chi connectivity index (χ3v) is 7.53. The normalized spacial score (nSPS) is 16.9. The van der Waals surface area contributed by atoms with E-state index >= 15 is 0 Å². The van der Waals surface area contributed by atoms with Gasteiger partial charge < -0.3 is 0 Å². The number of carbonyl (C=O) groups is 1. The van der Waals surface area contributed by atoms with Gasteiger partial charge in [0, 0.05) is 17.1 Å². The molecule has 0 heterocycles. The number of hydrogen-bond acceptors (Lipinski definition) is 3. The Hall–Kier alpha value is -1.69. The third-order valence-electron chi connectivity index (χ3n) is 5.86. The summed E-state index contributed by atoms with van der Waals surface area (Å²) in [6, 6.07) is 14.0. The summed E-state index contributed by atoms with van der Waals surface area (Å²) < 4.78 is 28.4. The lowest BCUT2D eigenvalue weighted by molar-refractivity contribution is 0.101. The number of sulfonamides is 1. The Balaban J connectivity index is 1.79. The molecular weight excluding hydrogens is 406 g/mol. The zero-order valence-corrected chi connectivity index (χ0v) is 18.4. The number of ketones is 1. The van der Waals surface area contributed by atoms with Crippen LogP contribution in [0.5, 0.6) is 0 Å². The fraction of sp³-hybridized carbons (Fsp3) is 0.435. The van der Waals surface area contributed by atoms with Crippen LogP contribution in [0.25, 0.3) is 0 Å². The number of carbonyl (C=O) groups excluding carboxylic acids is 1. The molecule has 1 saturated carbocycles. The van der Waals surface area contributed by atoms with Crippen LogP contribution in [0.15, 0.2) is 53.4 Å². The van der Waals surface area contributed by atoms with Gasteiger partial charge in [-0.15, -0.1) is 0 Å². The minimum atomic E-state index is -3.59. The molecule has 4 nitrogen and oxygen atoms in total. The van der Waals surface area contributed by atoms with Gasteiger partial charge in [0.25, 0.3) is 0 Å². The van der Waals surface area contributed by atoms with Crippen molar-refractivity contribution < 1.29 is 13.2 Å². The molecule has 3 rings (SSSR count). The molecule has 29 heavy (non-hydrogen) atoms. The van der Waals surface area contributed by atoms with Crippen molar-refractivity contribution >= 4 is 27.4 Å². The highest BCUT2D eigenvalue weighted by atomic mass is 35.5. The molecule has 2 aromatic rings. The summed E-state index contributed by atoms with van der Waals surface area (Å²) in [5.41, 5.74) is 1.72. The molecule has 1 aliphatic carbocycles. The van der Waals surface area contributed by atoms with E-state index in [1.807, 2.05) is 24.3 Å². The molecule has 0 aromatic heterocycles. The van der Waals surface area contributed by atoms with Crippen molar-refractivity contribution in [3.63, 3.8) is 0 Å². The molecular formula is C23H28ClNO3S. The van der Waals surface area contributed by atoms with E-state index in [4.69, 9.17) is 11.6 Å². The van der Waals surface area contributed by atoms with E-state index in [1.54, 1.807) is 19.1 Å². The molecule has 156 valence electrons. The number of halogens is 1. The van der Waals surface area contributed by atoms with Gasteiger partial charge in [-0.3, -0.25) is 4.79 Å². The Kier molecular flexibility index (Phi) is 7.14. The summed E-state index contributed by atoms with van der Waals surface area (Å²) in [5.74, 6) is 0.0523. The first-order valence-electron chi connectivity index (χ1n) is 10.1. The van der Waals surface area contributed by atoms with Gasteiger partial charge in [0.05, 0.1) is 4.90 Å². The molecule has 1 N–H and O–H groups in total. The van der Waals surface area contributed by atoms with Crippen LogP contribution in [-0.4, -0.2) is 20.7 Å². The van der Waals surface area contributed by atoms with Crippen LogP contribution in [-0.2, 0) is 16.4 Å². The zero-order valence-electron chi connectivity index (χ0n) is 16.8. The summed E-state index contributed by atoms with van der Waals surface area (Å²) in [6.07, 6.45) is 7.37. The monoisotopic (exact) mass is 433 g/mol. The van der Waals surface area contributed by atoms with Gasteiger partial charge in [-0.25, -0.2) is 13.1 Å². The fourth-order valence-electron chi connectivity index (χ4n) is 4.13. The molecule has 0 saturated heterocycles. The SMILES string of the molecule is CC(=O)c1ccc(CC2(CNS(=O)(=O)c3ccc(Cl)cc3)CCCCCC2)cc1. The zero-order chi connectivity index (χ0) is 20.9. The molecule has 0 aliphatic heterocycles. The molecule has 0 spiro atoms. The standard InChI is InChI=1S/C23H28ClNO3S/c1-18(26)20-8-6-19(7-9-20)16-23(14-4-2-3-5-15-23)17-25-29(27,28)22-12-10-21(24)11-13-22/h6-13,25H,2-5,14-17H2,1H3. The van der Waals surface area contributed by atoms with E-state index in [-0.39, 0.29) is 16.1 Å². The van der Waals surface area contributed by atoms with Crippen LogP contribution in [0.1, 0.15) is 61.4 Å². The molecule has 0 radical (unpaired) electrons. The van der Waals surface area contributed by atoms with Crippen LogP contribution in [0.3, 0.4) is 0 Å². The maximum Gasteiger partial charge on any atom is 0.240 e. The summed E-state index contributed by atoms with van der Waals surface area (Å²) in [7, 11) is -3.59. The Bertz CT molecular complexity index is 929. The number of nitrogens with one attached hydrogen (secondary N) is 1. The highest BCUT2D eigenvalue weighted by Gasteiger charge is 2.33. The fourth-order valence-corrected chi connectivity index (χ4v) is 5.41. The molecule has 2 aromatic carbocycles. The molecule has 1 fully saturated rings. The van der Waals surface area contributed by atoms with E-state index in [9.17, 15) is 13.2 Å². The van der Waals surface area contributed by atoms with Crippen molar-refractivity contribution in [2.45, 2.75) is 56.8 Å². The van der Waals surface area contributed by atoms with Crippen LogP contribution in [0.2, 0.25) is 5.02 Å². The second kappa shape index (κ2) is 9.41. The molecule has 0 unspecified atom stereocenters. The van der Waals surface area contributed by atoms with Crippen molar-refractivity contribution in [2.24, 2.45) is 5.41 Å². The first-order valence-corrected chi connectivity index (χ1v) is 12.0. The van der Waals surface area contributed by atoms with E-state index in [2.05, 4.69) is 4.72 Å². The number of benzene rings is 2. The first kappa shape index (κ1) is 22.0. The lowest BCUT2D eigenvalue weighted by Gasteiger charge is -2.33. The van der Waals surface area contributed by atoms with Crippen LogP contribution < -0.4 is 4.72 Å². The van der Waals surface area contributed by atoms with Gasteiger partial charge in [-0.2, -0.15) is 0 Å². The largest absolute Gasteiger partial charge is 0.295 e. The van der Waals surface area contributed by atoms with Crippen molar-refractivity contribution in [1.29, 1.82) is 0 Å². The van der Waals surface area contributed by atoms with Gasteiger partial charge in [0.1, 0.15) is 0 Å². The topological polar surface area (TPSA) is 63.2 Å². The predicted molar refractivity (Wildman–Crippen MR) is 117 cm³/mol. The first-order chi connectivity index (χ1) is 13.8. The summed E-state index contributed by atoms with van der Waals surface area (Å²) in [6.45, 7) is 1.97. The quantitative estimate of drug-likeness (QED) is 0.469. The maximum absolute atomic E-state index is 12.8. The van der Waals surface area contributed by atoms with Gasteiger partial charge in [-0.05, 0) is 61.4 Å². The van der Waals surface area contributed by atoms with Crippen molar-refractivity contribution in [3.8, 4) is 0 Å². The molecule has 6 heteroatoms. The average molecular weight is 434 g/mol. The lowest BCUT2D eigenvalue weighted by atomic mass is 9.75. The highest BCUT2D eigenvalue weighted by Crippen LogP contribution is 2.38. The maximum atomic E-state index is 12.8. The van der Waals surface area contributed by atoms with Crippen molar-refractivity contribution in [1.82, 2.24) is 4.72 Å². The minimum absolute atomic E-state index is 0.0523. The Morgan fingerprint density at radius 2 is 1.55 bits per heavy atom. The van der Waals surface area contributed by atoms with Gasteiger partial charge in [0.15, 0.2) is 5.78 Å². The van der Waals surface area contributed by atoms with E-state index < -0.39 is 10.0 Å². The highest BCUT2D eigenvalue weighted by molar-refractivity contribution is 7.89. The van der Waals surface area contributed by atoms with Gasteiger partial charge in [-0.1, -0.05) is 61.5 Å². The van der Waals surface area contributed by atoms with E-state index in [0.29, 0.717) is 17.1 Å². The third kappa shape index (κ3) is 5.91.